The number of rotatable bonds is 1. The zero-order chi connectivity index (χ0) is 4.99. The third-order valence-electron chi connectivity index (χ3n) is 0.562. The maximum absolute atomic E-state index is 9.42. The van der Waals surface area contributed by atoms with Crippen LogP contribution in [0.5, 0.6) is 0 Å². The predicted octanol–water partition coefficient (Wildman–Crippen LogP) is 1.68. The fourth-order valence-corrected chi connectivity index (χ4v) is 0.0527. The summed E-state index contributed by atoms with van der Waals surface area (Å²) in [6.45, 7) is 3.43. The number of hydrogen-bond donors (Lipinski definition) is 0. The standard InChI is InChI=1S/C4H7NO/c1-3-4(2)5-6/h3H,1-2H3. The lowest BCUT2D eigenvalue weighted by Gasteiger charge is -1.72. The summed E-state index contributed by atoms with van der Waals surface area (Å²) >= 11 is 0. The molecule has 0 unspecified atom stereocenters. The SMILES string of the molecule is CC=C(C)N=O. The van der Waals surface area contributed by atoms with Gasteiger partial charge in [-0.15, -0.1) is 4.91 Å². The van der Waals surface area contributed by atoms with Crippen LogP contribution in [0, 0.1) is 4.91 Å². The third-order valence-corrected chi connectivity index (χ3v) is 0.562. The van der Waals surface area contributed by atoms with Gasteiger partial charge in [-0.3, -0.25) is 0 Å². The van der Waals surface area contributed by atoms with E-state index in [-0.39, 0.29) is 0 Å². The molecule has 0 radical (unpaired) electrons. The average molecular weight is 85.1 g/mol. The van der Waals surface area contributed by atoms with Crippen molar-refractivity contribution in [2.75, 3.05) is 0 Å². The van der Waals surface area contributed by atoms with Crippen molar-refractivity contribution in [3.8, 4) is 0 Å². The fourth-order valence-electron chi connectivity index (χ4n) is 0.0527. The second-order valence-corrected chi connectivity index (χ2v) is 1.02. The van der Waals surface area contributed by atoms with Crippen LogP contribution >= 0.6 is 0 Å². The van der Waals surface area contributed by atoms with E-state index in [1.165, 1.54) is 0 Å². The van der Waals surface area contributed by atoms with Crippen molar-refractivity contribution in [2.24, 2.45) is 5.18 Å². The first kappa shape index (κ1) is 5.34. The van der Waals surface area contributed by atoms with Crippen molar-refractivity contribution in [3.05, 3.63) is 16.7 Å². The van der Waals surface area contributed by atoms with Crippen LogP contribution in [0.3, 0.4) is 0 Å². The number of nitrogens with zero attached hydrogens (tertiary/aromatic N) is 1. The Balaban J connectivity index is 3.50. The first-order valence-corrected chi connectivity index (χ1v) is 1.77. The molecule has 0 saturated heterocycles. The van der Waals surface area contributed by atoms with Crippen LogP contribution in [0.4, 0.5) is 0 Å². The molecule has 0 rings (SSSR count). The molecule has 0 amide bonds. The highest BCUT2D eigenvalue weighted by atomic mass is 16.3. The normalized spacial score (nSPS) is 11.3. The average Bonchev–Trinajstić information content (AvgIpc) is 1.65. The molecule has 34 valence electrons. The van der Waals surface area contributed by atoms with Gasteiger partial charge in [-0.2, -0.15) is 0 Å². The quantitative estimate of drug-likeness (QED) is 0.445. The molecule has 0 aliphatic heterocycles. The second kappa shape index (κ2) is 2.57. The van der Waals surface area contributed by atoms with Crippen molar-refractivity contribution in [3.63, 3.8) is 0 Å². The summed E-state index contributed by atoms with van der Waals surface area (Å²) in [6, 6.07) is 0. The summed E-state index contributed by atoms with van der Waals surface area (Å²) in [5.41, 5.74) is 0.537. The molecule has 0 saturated carbocycles. The van der Waals surface area contributed by atoms with Crippen LogP contribution < -0.4 is 0 Å². The molecule has 0 aliphatic carbocycles. The van der Waals surface area contributed by atoms with Gasteiger partial charge in [-0.05, 0) is 19.0 Å². The summed E-state index contributed by atoms with van der Waals surface area (Å²) < 4.78 is 0. The van der Waals surface area contributed by atoms with Gasteiger partial charge in [0, 0.05) is 0 Å². The second-order valence-electron chi connectivity index (χ2n) is 1.02. The molecule has 0 heterocycles. The lowest BCUT2D eigenvalue weighted by Crippen LogP contribution is -1.56. The highest BCUT2D eigenvalue weighted by molar-refractivity contribution is 4.91. The van der Waals surface area contributed by atoms with Crippen molar-refractivity contribution in [1.29, 1.82) is 0 Å². The van der Waals surface area contributed by atoms with E-state index >= 15 is 0 Å². The van der Waals surface area contributed by atoms with Crippen LogP contribution in [-0.4, -0.2) is 0 Å². The molecule has 6 heavy (non-hydrogen) atoms. The molecular formula is C4H7NO. The first-order chi connectivity index (χ1) is 2.81. The topological polar surface area (TPSA) is 29.4 Å². The fraction of sp³-hybridized carbons (Fsp3) is 0.500. The van der Waals surface area contributed by atoms with Gasteiger partial charge in [-0.1, -0.05) is 6.08 Å². The lowest BCUT2D eigenvalue weighted by atomic mass is 10.5. The van der Waals surface area contributed by atoms with E-state index < -0.39 is 0 Å². The van der Waals surface area contributed by atoms with E-state index in [1.54, 1.807) is 19.9 Å². The Bertz CT molecular complexity index is 75.6. The minimum atomic E-state index is 0.537. The van der Waals surface area contributed by atoms with Crippen LogP contribution in [0.2, 0.25) is 0 Å². The van der Waals surface area contributed by atoms with Gasteiger partial charge in [0.15, 0.2) is 0 Å². The van der Waals surface area contributed by atoms with Crippen molar-refractivity contribution in [2.45, 2.75) is 13.8 Å². The van der Waals surface area contributed by atoms with Crippen molar-refractivity contribution < 1.29 is 0 Å². The van der Waals surface area contributed by atoms with Crippen molar-refractivity contribution in [1.82, 2.24) is 0 Å². The Morgan fingerprint density at radius 1 is 1.83 bits per heavy atom. The van der Waals surface area contributed by atoms with E-state index in [2.05, 4.69) is 5.18 Å². The Kier molecular flexibility index (Phi) is 2.29. The first-order valence-electron chi connectivity index (χ1n) is 1.77. The zero-order valence-electron chi connectivity index (χ0n) is 3.93. The zero-order valence-corrected chi connectivity index (χ0v) is 3.93. The third kappa shape index (κ3) is 1.64. The molecule has 0 aromatic rings. The molecule has 0 N–H and O–H groups in total. The Morgan fingerprint density at radius 2 is 2.33 bits per heavy atom. The molecule has 2 nitrogen and oxygen atoms in total. The molecule has 0 bridgehead atoms. The molecule has 0 spiro atoms. The maximum atomic E-state index is 9.42. The molecule has 0 aromatic heterocycles. The van der Waals surface area contributed by atoms with Gasteiger partial charge in [0.05, 0.1) is 5.70 Å². The molecule has 0 atom stereocenters. The van der Waals surface area contributed by atoms with Gasteiger partial charge in [-0.25, -0.2) is 0 Å². The molecule has 0 aliphatic rings. The van der Waals surface area contributed by atoms with E-state index in [1.807, 2.05) is 0 Å². The van der Waals surface area contributed by atoms with Crippen LogP contribution in [0.25, 0.3) is 0 Å². The highest BCUT2D eigenvalue weighted by Crippen LogP contribution is 1.88. The van der Waals surface area contributed by atoms with Gasteiger partial charge >= 0.3 is 0 Å². The highest BCUT2D eigenvalue weighted by Gasteiger charge is 1.73. The monoisotopic (exact) mass is 85.1 g/mol. The summed E-state index contributed by atoms with van der Waals surface area (Å²) in [5, 5.41) is 2.62. The molecular weight excluding hydrogens is 78.0 g/mol. The smallest absolute Gasteiger partial charge is 0.0775 e. The summed E-state index contributed by atoms with van der Waals surface area (Å²) in [7, 11) is 0. The Hall–Kier alpha value is -0.660. The summed E-state index contributed by atoms with van der Waals surface area (Å²) in [6.07, 6.45) is 1.66. The van der Waals surface area contributed by atoms with E-state index in [4.69, 9.17) is 0 Å². The molecule has 2 heteroatoms. The minimum absolute atomic E-state index is 0.537. The van der Waals surface area contributed by atoms with Gasteiger partial charge in [0.1, 0.15) is 0 Å². The summed E-state index contributed by atoms with van der Waals surface area (Å²) in [5.74, 6) is 0. The molecule has 0 aromatic carbocycles. The number of nitroso groups, excluding NO2 is 1. The van der Waals surface area contributed by atoms with Crippen LogP contribution in [0.1, 0.15) is 13.8 Å². The minimum Gasteiger partial charge on any atom is -0.145 e. The maximum Gasteiger partial charge on any atom is 0.0775 e. The van der Waals surface area contributed by atoms with Crippen LogP contribution in [0.15, 0.2) is 16.9 Å². The summed E-state index contributed by atoms with van der Waals surface area (Å²) in [4.78, 5) is 9.42. The number of allylic oxidation sites excluding steroid dienone is 2. The predicted molar refractivity (Wildman–Crippen MR) is 25.2 cm³/mol. The van der Waals surface area contributed by atoms with Crippen molar-refractivity contribution >= 4 is 0 Å². The van der Waals surface area contributed by atoms with Gasteiger partial charge < -0.3 is 0 Å². The number of hydrogen-bond acceptors (Lipinski definition) is 2. The Morgan fingerprint density at radius 3 is 2.33 bits per heavy atom. The largest absolute Gasteiger partial charge is 0.145 e. The van der Waals surface area contributed by atoms with Crippen LogP contribution in [-0.2, 0) is 0 Å². The van der Waals surface area contributed by atoms with Gasteiger partial charge in [0.25, 0.3) is 0 Å². The van der Waals surface area contributed by atoms with E-state index in [0.29, 0.717) is 5.70 Å². The molecule has 0 fully saturated rings. The lowest BCUT2D eigenvalue weighted by molar-refractivity contribution is 1.27. The van der Waals surface area contributed by atoms with E-state index in [0.717, 1.165) is 0 Å². The van der Waals surface area contributed by atoms with Gasteiger partial charge in [0.2, 0.25) is 0 Å². The van der Waals surface area contributed by atoms with E-state index in [9.17, 15) is 4.91 Å². The Labute approximate surface area is 36.8 Å².